The molecule has 190 valence electrons. The average molecular weight is 502 g/mol. The molecule has 4 heterocycles. The number of aliphatic hydroxyl groups is 1. The maximum absolute atomic E-state index is 13.2. The van der Waals surface area contributed by atoms with Crippen LogP contribution in [0, 0.1) is 17.2 Å². The fourth-order valence-corrected chi connectivity index (χ4v) is 4.40. The number of hydrogen-bond acceptors (Lipinski definition) is 7. The quantitative estimate of drug-likeness (QED) is 0.486. The van der Waals surface area contributed by atoms with E-state index in [0.29, 0.717) is 31.5 Å². The van der Waals surface area contributed by atoms with E-state index in [1.807, 2.05) is 13.0 Å². The average Bonchev–Trinajstić information content (AvgIpc) is 3.25. The van der Waals surface area contributed by atoms with Crippen LogP contribution in [-0.2, 0) is 11.0 Å². The number of piperidine rings is 1. The van der Waals surface area contributed by atoms with Gasteiger partial charge in [0.1, 0.15) is 17.3 Å². The first-order valence-electron chi connectivity index (χ1n) is 11.5. The number of alkyl halides is 3. The van der Waals surface area contributed by atoms with E-state index in [9.17, 15) is 28.3 Å². The van der Waals surface area contributed by atoms with Gasteiger partial charge in [0.05, 0.1) is 23.0 Å². The normalized spacial score (nSPS) is 16.1. The molecule has 36 heavy (non-hydrogen) atoms. The molecule has 1 atom stereocenters. The van der Waals surface area contributed by atoms with Crippen molar-refractivity contribution in [3.05, 3.63) is 35.8 Å². The fourth-order valence-electron chi connectivity index (χ4n) is 4.40. The maximum atomic E-state index is 13.2. The minimum absolute atomic E-state index is 0.0772. The summed E-state index contributed by atoms with van der Waals surface area (Å²) >= 11 is 0. The number of nitriles is 1. The topological polar surface area (TPSA) is 131 Å². The van der Waals surface area contributed by atoms with Gasteiger partial charge in [0.2, 0.25) is 5.95 Å². The van der Waals surface area contributed by atoms with Crippen LogP contribution < -0.4 is 5.32 Å². The van der Waals surface area contributed by atoms with E-state index in [4.69, 9.17) is 0 Å². The Kier molecular flexibility index (Phi) is 6.62. The van der Waals surface area contributed by atoms with Crippen LogP contribution >= 0.6 is 0 Å². The number of H-pyrrole nitrogens is 1. The van der Waals surface area contributed by atoms with Gasteiger partial charge in [-0.1, -0.05) is 0 Å². The number of pyridine rings is 1. The third kappa shape index (κ3) is 5.11. The molecule has 1 aliphatic rings. The highest BCUT2D eigenvalue weighted by Crippen LogP contribution is 2.35. The Morgan fingerprint density at radius 1 is 1.28 bits per heavy atom. The molecule has 0 radical (unpaired) electrons. The summed E-state index contributed by atoms with van der Waals surface area (Å²) in [6.07, 6.45) is 0.434. The second-order valence-corrected chi connectivity index (χ2v) is 9.51. The van der Waals surface area contributed by atoms with Crippen molar-refractivity contribution in [2.75, 3.05) is 18.4 Å². The van der Waals surface area contributed by atoms with Gasteiger partial charge in [-0.3, -0.25) is 4.79 Å². The van der Waals surface area contributed by atoms with Crippen molar-refractivity contribution in [2.45, 2.75) is 51.4 Å². The molecule has 0 bridgehead atoms. The number of aromatic amines is 1. The first-order valence-corrected chi connectivity index (χ1v) is 11.5. The Hall–Kier alpha value is -3.72. The molecule has 1 unspecified atom stereocenters. The van der Waals surface area contributed by atoms with E-state index in [0.717, 1.165) is 12.3 Å². The highest BCUT2D eigenvalue weighted by Gasteiger charge is 2.34. The van der Waals surface area contributed by atoms with Crippen LogP contribution in [0.25, 0.3) is 22.3 Å². The van der Waals surface area contributed by atoms with E-state index in [1.54, 1.807) is 4.90 Å². The molecule has 0 saturated carbocycles. The molecule has 3 aromatic heterocycles. The third-order valence-corrected chi connectivity index (χ3v) is 6.44. The molecule has 1 saturated heterocycles. The lowest BCUT2D eigenvalue weighted by molar-refractivity contribution is -0.149. The van der Waals surface area contributed by atoms with E-state index in [-0.39, 0.29) is 46.1 Å². The van der Waals surface area contributed by atoms with Gasteiger partial charge in [0.15, 0.2) is 0 Å². The third-order valence-electron chi connectivity index (χ3n) is 6.44. The first kappa shape index (κ1) is 25.4. The number of halogens is 3. The molecule has 1 fully saturated rings. The van der Waals surface area contributed by atoms with E-state index < -0.39 is 17.3 Å². The first-order chi connectivity index (χ1) is 16.9. The second-order valence-electron chi connectivity index (χ2n) is 9.51. The van der Waals surface area contributed by atoms with Crippen LogP contribution in [0.15, 0.2) is 24.7 Å². The zero-order valence-corrected chi connectivity index (χ0v) is 20.0. The van der Waals surface area contributed by atoms with Crippen molar-refractivity contribution in [3.63, 3.8) is 0 Å². The Morgan fingerprint density at radius 2 is 1.97 bits per heavy atom. The Bertz CT molecular complexity index is 1320. The number of nitrogens with one attached hydrogen (secondary N) is 2. The number of fused-ring (bicyclic) bond motifs is 1. The molecule has 0 aliphatic carbocycles. The minimum Gasteiger partial charge on any atom is -0.381 e. The van der Waals surface area contributed by atoms with Crippen molar-refractivity contribution >= 4 is 22.9 Å². The molecule has 1 amide bonds. The van der Waals surface area contributed by atoms with Crippen molar-refractivity contribution < 1.29 is 23.1 Å². The van der Waals surface area contributed by atoms with Gasteiger partial charge in [-0.15, -0.1) is 0 Å². The van der Waals surface area contributed by atoms with Crippen LogP contribution in [0.3, 0.4) is 0 Å². The summed E-state index contributed by atoms with van der Waals surface area (Å²) in [4.78, 5) is 29.3. The van der Waals surface area contributed by atoms with E-state index >= 15 is 0 Å². The number of rotatable bonds is 5. The lowest BCUT2D eigenvalue weighted by atomic mass is 9.89. The number of carbonyl (C=O) groups excluding carboxylic acids is 1. The lowest BCUT2D eigenvalue weighted by Crippen LogP contribution is -2.49. The number of nitrogens with zero attached hydrogens (tertiary/aromatic N) is 5. The van der Waals surface area contributed by atoms with Crippen LogP contribution in [0.5, 0.6) is 0 Å². The summed E-state index contributed by atoms with van der Waals surface area (Å²) in [7, 11) is 0. The molecule has 3 N–H and O–H groups in total. The van der Waals surface area contributed by atoms with Crippen LogP contribution in [0.2, 0.25) is 0 Å². The van der Waals surface area contributed by atoms with Crippen LogP contribution in [0.4, 0.5) is 19.1 Å². The van der Waals surface area contributed by atoms with Crippen molar-refractivity contribution in [1.29, 1.82) is 5.26 Å². The number of amides is 1. The Labute approximate surface area is 205 Å². The Morgan fingerprint density at radius 3 is 2.58 bits per heavy atom. The molecule has 9 nitrogen and oxygen atoms in total. The molecule has 12 heteroatoms. The highest BCUT2D eigenvalue weighted by molar-refractivity contribution is 5.94. The number of likely N-dealkylation sites (tertiary alicyclic amines) is 1. The molecule has 0 spiro atoms. The monoisotopic (exact) mass is 501 g/mol. The lowest BCUT2D eigenvalue weighted by Gasteiger charge is -2.37. The van der Waals surface area contributed by atoms with Gasteiger partial charge in [-0.2, -0.15) is 18.4 Å². The number of hydrogen-bond donors (Lipinski definition) is 3. The molecule has 0 aromatic carbocycles. The molecule has 3 aromatic rings. The summed E-state index contributed by atoms with van der Waals surface area (Å²) in [5.41, 5.74) is -1.44. The predicted octanol–water partition coefficient (Wildman–Crippen LogP) is 3.72. The summed E-state index contributed by atoms with van der Waals surface area (Å²) in [5, 5.41) is 23.0. The van der Waals surface area contributed by atoms with Gasteiger partial charge in [0, 0.05) is 42.5 Å². The van der Waals surface area contributed by atoms with Crippen molar-refractivity contribution in [3.8, 4) is 17.3 Å². The molecular weight excluding hydrogens is 475 g/mol. The highest BCUT2D eigenvalue weighted by atomic mass is 19.4. The fraction of sp³-hybridized carbons (Fsp3) is 0.458. The number of aromatic nitrogens is 4. The smallest absolute Gasteiger partial charge is 0.381 e. The standard InChI is InChI=1S/C24H26F3N7O2/c1-13(14-4-6-34(7-5-14)21(35)23(2,3)36)32-22-31-10-15(9-28)19(33-22)18-12-30-20-17(18)8-16(11-29-20)24(25,26)27/h8,10-14,36H,4-7H2,1-3H3,(H,29,30)(H,31,32,33). The van der Waals surface area contributed by atoms with Gasteiger partial charge >= 0.3 is 6.18 Å². The van der Waals surface area contributed by atoms with E-state index in [2.05, 4.69) is 25.3 Å². The zero-order chi connectivity index (χ0) is 26.3. The summed E-state index contributed by atoms with van der Waals surface area (Å²) in [6.45, 7) is 5.94. The Balaban J connectivity index is 1.55. The predicted molar refractivity (Wildman–Crippen MR) is 126 cm³/mol. The number of anilines is 1. The van der Waals surface area contributed by atoms with Crippen molar-refractivity contribution in [1.82, 2.24) is 24.8 Å². The van der Waals surface area contributed by atoms with Crippen molar-refractivity contribution in [2.24, 2.45) is 5.92 Å². The minimum atomic E-state index is -4.56. The van der Waals surface area contributed by atoms with Crippen LogP contribution in [-0.4, -0.2) is 60.6 Å². The van der Waals surface area contributed by atoms with Gasteiger partial charge < -0.3 is 20.3 Å². The van der Waals surface area contributed by atoms with Gasteiger partial charge in [-0.05, 0) is 45.6 Å². The van der Waals surface area contributed by atoms with Gasteiger partial charge in [-0.25, -0.2) is 15.0 Å². The van der Waals surface area contributed by atoms with E-state index in [1.165, 1.54) is 26.2 Å². The van der Waals surface area contributed by atoms with Crippen LogP contribution in [0.1, 0.15) is 44.7 Å². The molecule has 1 aliphatic heterocycles. The van der Waals surface area contributed by atoms with Gasteiger partial charge in [0.25, 0.3) is 5.91 Å². The molecule has 4 rings (SSSR count). The molecular formula is C24H26F3N7O2. The largest absolute Gasteiger partial charge is 0.417 e. The second kappa shape index (κ2) is 9.39. The zero-order valence-electron chi connectivity index (χ0n) is 20.0. The summed E-state index contributed by atoms with van der Waals surface area (Å²) < 4.78 is 39.7. The summed E-state index contributed by atoms with van der Waals surface area (Å²) in [5.74, 6) is 0.134. The SMILES string of the molecule is CC(Nc1ncc(C#N)c(-c2c[nH]c3ncc(C(F)(F)F)cc23)n1)C1CCN(C(=O)C(C)(C)O)CC1. The summed E-state index contributed by atoms with van der Waals surface area (Å²) in [6, 6.07) is 2.90. The number of carbonyl (C=O) groups is 1. The maximum Gasteiger partial charge on any atom is 0.417 e.